The van der Waals surface area contributed by atoms with E-state index in [-0.39, 0.29) is 0 Å². The van der Waals surface area contributed by atoms with Gasteiger partial charge in [-0.1, -0.05) is 35.0 Å². The Kier molecular flexibility index (Phi) is 5.86. The number of nitrogens with one attached hydrogen (secondary N) is 1. The summed E-state index contributed by atoms with van der Waals surface area (Å²) in [6.45, 7) is 4.62. The van der Waals surface area contributed by atoms with Crippen molar-refractivity contribution < 1.29 is 0 Å². The van der Waals surface area contributed by atoms with Gasteiger partial charge in [0.05, 0.1) is 0 Å². The van der Waals surface area contributed by atoms with Crippen molar-refractivity contribution in [2.24, 2.45) is 0 Å². The first kappa shape index (κ1) is 15.0. The van der Waals surface area contributed by atoms with E-state index in [2.05, 4.69) is 64.4 Å². The number of nitrogens with zero attached hydrogens (tertiary/aromatic N) is 1. The van der Waals surface area contributed by atoms with E-state index >= 15 is 0 Å². The van der Waals surface area contributed by atoms with E-state index in [0.717, 1.165) is 13.0 Å². The SMILES string of the molecule is CCC(c1cccc(Br)c1)N(C)C1CCCNCC1. The first-order valence-electron chi connectivity index (χ1n) is 7.40. The fourth-order valence-corrected chi connectivity index (χ4v) is 3.55. The van der Waals surface area contributed by atoms with Crippen molar-refractivity contribution in [1.82, 2.24) is 10.2 Å². The van der Waals surface area contributed by atoms with Crippen LogP contribution in [0.5, 0.6) is 0 Å². The molecule has 1 saturated heterocycles. The third kappa shape index (κ3) is 4.04. The van der Waals surface area contributed by atoms with Crippen molar-refractivity contribution in [2.75, 3.05) is 20.1 Å². The third-order valence-electron chi connectivity index (χ3n) is 4.23. The minimum Gasteiger partial charge on any atom is -0.317 e. The molecule has 0 aliphatic carbocycles. The normalized spacial score (nSPS) is 22.2. The first-order valence-corrected chi connectivity index (χ1v) is 8.19. The lowest BCUT2D eigenvalue weighted by Gasteiger charge is -2.34. The molecule has 0 bridgehead atoms. The van der Waals surface area contributed by atoms with E-state index in [9.17, 15) is 0 Å². The molecule has 1 heterocycles. The Morgan fingerprint density at radius 2 is 2.21 bits per heavy atom. The minimum absolute atomic E-state index is 0.528. The summed E-state index contributed by atoms with van der Waals surface area (Å²) in [5.41, 5.74) is 1.43. The van der Waals surface area contributed by atoms with Gasteiger partial charge >= 0.3 is 0 Å². The topological polar surface area (TPSA) is 15.3 Å². The molecule has 1 aromatic carbocycles. The maximum Gasteiger partial charge on any atom is 0.0345 e. The van der Waals surface area contributed by atoms with E-state index in [1.165, 1.54) is 35.8 Å². The molecule has 106 valence electrons. The van der Waals surface area contributed by atoms with Gasteiger partial charge in [0.2, 0.25) is 0 Å². The Morgan fingerprint density at radius 3 is 2.95 bits per heavy atom. The van der Waals surface area contributed by atoms with Gasteiger partial charge in [-0.15, -0.1) is 0 Å². The standard InChI is InChI=1S/C16H25BrN2/c1-3-16(13-6-4-7-14(17)12-13)19(2)15-8-5-10-18-11-9-15/h4,6-7,12,15-16,18H,3,5,8-11H2,1-2H3. The summed E-state index contributed by atoms with van der Waals surface area (Å²) in [4.78, 5) is 2.59. The second-order valence-electron chi connectivity index (χ2n) is 5.48. The smallest absolute Gasteiger partial charge is 0.0345 e. The monoisotopic (exact) mass is 324 g/mol. The lowest BCUT2D eigenvalue weighted by atomic mass is 9.99. The van der Waals surface area contributed by atoms with Crippen LogP contribution in [0.2, 0.25) is 0 Å². The molecule has 0 radical (unpaired) electrons. The number of halogens is 1. The largest absolute Gasteiger partial charge is 0.317 e. The number of hydrogen-bond donors (Lipinski definition) is 1. The minimum atomic E-state index is 0.528. The van der Waals surface area contributed by atoms with Crippen molar-refractivity contribution >= 4 is 15.9 Å². The van der Waals surface area contributed by atoms with Gasteiger partial charge in [0.25, 0.3) is 0 Å². The van der Waals surface area contributed by atoms with Crippen LogP contribution in [0.4, 0.5) is 0 Å². The van der Waals surface area contributed by atoms with Crippen LogP contribution in [0.15, 0.2) is 28.7 Å². The third-order valence-corrected chi connectivity index (χ3v) is 4.73. The molecule has 1 aliphatic heterocycles. The van der Waals surface area contributed by atoms with Gasteiger partial charge < -0.3 is 5.32 Å². The van der Waals surface area contributed by atoms with Crippen molar-refractivity contribution in [3.63, 3.8) is 0 Å². The highest BCUT2D eigenvalue weighted by Gasteiger charge is 2.23. The van der Waals surface area contributed by atoms with Crippen molar-refractivity contribution in [2.45, 2.75) is 44.7 Å². The predicted molar refractivity (Wildman–Crippen MR) is 85.4 cm³/mol. The summed E-state index contributed by atoms with van der Waals surface area (Å²) in [7, 11) is 2.30. The number of rotatable bonds is 4. The molecule has 2 nitrogen and oxygen atoms in total. The lowest BCUT2D eigenvalue weighted by molar-refractivity contribution is 0.156. The molecule has 19 heavy (non-hydrogen) atoms. The fourth-order valence-electron chi connectivity index (χ4n) is 3.14. The Hall–Kier alpha value is -0.380. The van der Waals surface area contributed by atoms with Gasteiger partial charge in [-0.3, -0.25) is 4.90 Å². The molecule has 3 heteroatoms. The molecular formula is C16H25BrN2. The van der Waals surface area contributed by atoms with Gasteiger partial charge in [-0.2, -0.15) is 0 Å². The second-order valence-corrected chi connectivity index (χ2v) is 6.39. The Bertz CT molecular complexity index is 386. The average Bonchev–Trinajstić information content (AvgIpc) is 2.68. The molecule has 2 atom stereocenters. The summed E-state index contributed by atoms with van der Waals surface area (Å²) in [6, 6.07) is 10.00. The summed E-state index contributed by atoms with van der Waals surface area (Å²) in [5.74, 6) is 0. The van der Waals surface area contributed by atoms with Crippen LogP contribution in [0.1, 0.15) is 44.2 Å². The van der Waals surface area contributed by atoms with Crippen molar-refractivity contribution in [1.29, 1.82) is 0 Å². The van der Waals surface area contributed by atoms with Crippen molar-refractivity contribution in [3.8, 4) is 0 Å². The van der Waals surface area contributed by atoms with Gasteiger partial charge in [0.1, 0.15) is 0 Å². The van der Waals surface area contributed by atoms with E-state index in [0.29, 0.717) is 12.1 Å². The summed E-state index contributed by atoms with van der Waals surface area (Å²) in [5, 5.41) is 3.50. The Balaban J connectivity index is 2.11. The van der Waals surface area contributed by atoms with Gasteiger partial charge in [-0.25, -0.2) is 0 Å². The molecule has 0 aromatic heterocycles. The zero-order valence-electron chi connectivity index (χ0n) is 12.0. The van der Waals surface area contributed by atoms with Gasteiger partial charge in [0.15, 0.2) is 0 Å². The highest BCUT2D eigenvalue weighted by atomic mass is 79.9. The molecule has 1 aliphatic rings. The quantitative estimate of drug-likeness (QED) is 0.901. The molecule has 0 saturated carbocycles. The zero-order chi connectivity index (χ0) is 13.7. The van der Waals surface area contributed by atoms with Crippen LogP contribution in [0.25, 0.3) is 0 Å². The summed E-state index contributed by atoms with van der Waals surface area (Å²) >= 11 is 3.59. The lowest BCUT2D eigenvalue weighted by Crippen LogP contribution is -2.35. The van der Waals surface area contributed by atoms with Crippen molar-refractivity contribution in [3.05, 3.63) is 34.3 Å². The second kappa shape index (κ2) is 7.41. The molecule has 1 aromatic rings. The van der Waals surface area contributed by atoms with E-state index in [1.54, 1.807) is 0 Å². The number of hydrogen-bond acceptors (Lipinski definition) is 2. The molecule has 0 spiro atoms. The van der Waals surface area contributed by atoms with E-state index < -0.39 is 0 Å². The molecule has 1 fully saturated rings. The van der Waals surface area contributed by atoms with Crippen LogP contribution >= 0.6 is 15.9 Å². The predicted octanol–water partition coefficient (Wildman–Crippen LogP) is 3.97. The van der Waals surface area contributed by atoms with Crippen LogP contribution in [-0.4, -0.2) is 31.1 Å². The zero-order valence-corrected chi connectivity index (χ0v) is 13.6. The number of benzene rings is 1. The first-order chi connectivity index (χ1) is 9.22. The molecule has 2 rings (SSSR count). The summed E-state index contributed by atoms with van der Waals surface area (Å²) < 4.78 is 1.18. The maximum atomic E-state index is 3.59. The molecule has 1 N–H and O–H groups in total. The molecule has 0 amide bonds. The average molecular weight is 325 g/mol. The molecule has 2 unspecified atom stereocenters. The van der Waals surface area contributed by atoms with Crippen LogP contribution in [-0.2, 0) is 0 Å². The van der Waals surface area contributed by atoms with E-state index in [4.69, 9.17) is 0 Å². The Morgan fingerprint density at radius 1 is 1.37 bits per heavy atom. The van der Waals surface area contributed by atoms with E-state index in [1.807, 2.05) is 0 Å². The van der Waals surface area contributed by atoms with Crippen LogP contribution in [0.3, 0.4) is 0 Å². The summed E-state index contributed by atoms with van der Waals surface area (Å²) in [6.07, 6.45) is 5.04. The molecular weight excluding hydrogens is 300 g/mol. The highest BCUT2D eigenvalue weighted by molar-refractivity contribution is 9.10. The maximum absolute atomic E-state index is 3.59. The highest BCUT2D eigenvalue weighted by Crippen LogP contribution is 2.29. The van der Waals surface area contributed by atoms with Gasteiger partial charge in [0, 0.05) is 16.6 Å². The van der Waals surface area contributed by atoms with Crippen LogP contribution in [0, 0.1) is 0 Å². The Labute approximate surface area is 125 Å². The van der Waals surface area contributed by atoms with Crippen LogP contribution < -0.4 is 5.32 Å². The fraction of sp³-hybridized carbons (Fsp3) is 0.625. The van der Waals surface area contributed by atoms with Gasteiger partial charge in [-0.05, 0) is 63.5 Å².